The summed E-state index contributed by atoms with van der Waals surface area (Å²) in [5, 5.41) is 3.43. The Balaban J connectivity index is 0.00000176. The van der Waals surface area contributed by atoms with Gasteiger partial charge in [-0.05, 0) is 55.6 Å². The van der Waals surface area contributed by atoms with Gasteiger partial charge in [0, 0.05) is 13.1 Å². The van der Waals surface area contributed by atoms with E-state index in [4.69, 9.17) is 0 Å². The fourth-order valence-electron chi connectivity index (χ4n) is 3.31. The Morgan fingerprint density at radius 1 is 1.14 bits per heavy atom. The van der Waals surface area contributed by atoms with E-state index in [9.17, 15) is 13.2 Å². The average molecular weight is 337 g/mol. The topological polar surface area (TPSA) is 24.5 Å². The molecule has 0 bridgehead atoms. The number of nitrogens with zero attached hydrogens (tertiary/aromatic N) is 1. The fraction of sp³-hybridized carbons (Fsp3) is 0.600. The molecule has 2 heterocycles. The zero-order chi connectivity index (χ0) is 14.9. The third kappa shape index (κ3) is 4.51. The van der Waals surface area contributed by atoms with Gasteiger partial charge in [0.15, 0.2) is 0 Å². The van der Waals surface area contributed by atoms with Crippen LogP contribution in [0.15, 0.2) is 24.3 Å². The lowest BCUT2D eigenvalue weighted by molar-refractivity contribution is -0.274. The minimum absolute atomic E-state index is 0. The normalized spacial score (nSPS) is 25.4. The Morgan fingerprint density at radius 3 is 2.50 bits per heavy atom. The van der Waals surface area contributed by atoms with Crippen LogP contribution in [0.2, 0.25) is 0 Å². The lowest BCUT2D eigenvalue weighted by atomic mass is 9.88. The predicted molar refractivity (Wildman–Crippen MR) is 80.1 cm³/mol. The van der Waals surface area contributed by atoms with E-state index in [1.54, 1.807) is 12.1 Å². The summed E-state index contributed by atoms with van der Waals surface area (Å²) in [6, 6.07) is 6.18. The number of hydrogen-bond acceptors (Lipinski definition) is 3. The number of halogens is 4. The predicted octanol–water partition coefficient (Wildman–Crippen LogP) is 3.05. The zero-order valence-electron chi connectivity index (χ0n) is 12.1. The monoisotopic (exact) mass is 336 g/mol. The van der Waals surface area contributed by atoms with Gasteiger partial charge in [-0.2, -0.15) is 0 Å². The molecule has 0 amide bonds. The molecular weight excluding hydrogens is 317 g/mol. The van der Waals surface area contributed by atoms with E-state index in [1.165, 1.54) is 18.6 Å². The second-order valence-electron chi connectivity index (χ2n) is 5.89. The van der Waals surface area contributed by atoms with Crippen LogP contribution in [0.1, 0.15) is 12.0 Å². The highest BCUT2D eigenvalue weighted by molar-refractivity contribution is 5.85. The van der Waals surface area contributed by atoms with Crippen molar-refractivity contribution in [3.05, 3.63) is 29.8 Å². The van der Waals surface area contributed by atoms with Crippen LogP contribution in [-0.2, 0) is 6.54 Å². The summed E-state index contributed by atoms with van der Waals surface area (Å²) in [5.41, 5.74) is 1.02. The molecule has 2 fully saturated rings. The first-order valence-electron chi connectivity index (χ1n) is 7.27. The number of fused-ring (bicyclic) bond motifs is 1. The Kier molecular flexibility index (Phi) is 5.58. The molecule has 2 aliphatic heterocycles. The van der Waals surface area contributed by atoms with Crippen LogP contribution in [0.5, 0.6) is 5.75 Å². The summed E-state index contributed by atoms with van der Waals surface area (Å²) in [4.78, 5) is 2.38. The molecule has 0 saturated carbocycles. The lowest BCUT2D eigenvalue weighted by Crippen LogP contribution is -2.39. The van der Waals surface area contributed by atoms with Crippen LogP contribution in [0.25, 0.3) is 0 Å². The number of ether oxygens (including phenoxy) is 1. The molecule has 0 radical (unpaired) electrons. The first-order valence-corrected chi connectivity index (χ1v) is 7.27. The molecule has 2 aliphatic rings. The van der Waals surface area contributed by atoms with Gasteiger partial charge in [0.1, 0.15) is 5.75 Å². The molecule has 124 valence electrons. The number of piperidine rings is 1. The van der Waals surface area contributed by atoms with Crippen LogP contribution in [0.3, 0.4) is 0 Å². The summed E-state index contributed by atoms with van der Waals surface area (Å²) < 4.78 is 40.2. The molecule has 2 atom stereocenters. The fourth-order valence-corrected chi connectivity index (χ4v) is 3.31. The maximum Gasteiger partial charge on any atom is 0.573 e. The van der Waals surface area contributed by atoms with Crippen LogP contribution in [-0.4, -0.2) is 37.4 Å². The molecule has 1 aromatic rings. The van der Waals surface area contributed by atoms with Crippen molar-refractivity contribution < 1.29 is 17.9 Å². The zero-order valence-corrected chi connectivity index (χ0v) is 12.9. The van der Waals surface area contributed by atoms with E-state index in [-0.39, 0.29) is 18.2 Å². The van der Waals surface area contributed by atoms with Crippen molar-refractivity contribution in [3.8, 4) is 5.75 Å². The Bertz CT molecular complexity index is 481. The van der Waals surface area contributed by atoms with Crippen LogP contribution in [0.4, 0.5) is 13.2 Å². The van der Waals surface area contributed by atoms with Crippen LogP contribution >= 0.6 is 12.4 Å². The Labute approximate surface area is 134 Å². The molecule has 22 heavy (non-hydrogen) atoms. The van der Waals surface area contributed by atoms with Gasteiger partial charge in [-0.1, -0.05) is 12.1 Å². The molecule has 0 aromatic heterocycles. The maximum atomic E-state index is 12.1. The van der Waals surface area contributed by atoms with Crippen molar-refractivity contribution in [2.75, 3.05) is 26.2 Å². The lowest BCUT2D eigenvalue weighted by Gasteiger charge is -2.34. The molecule has 2 unspecified atom stereocenters. The Hall–Kier alpha value is -0.980. The van der Waals surface area contributed by atoms with E-state index < -0.39 is 6.36 Å². The van der Waals surface area contributed by atoms with Crippen molar-refractivity contribution in [2.45, 2.75) is 19.3 Å². The molecule has 1 N–H and O–H groups in total. The molecule has 3 nitrogen and oxygen atoms in total. The van der Waals surface area contributed by atoms with E-state index in [2.05, 4.69) is 15.0 Å². The summed E-state index contributed by atoms with van der Waals surface area (Å²) in [7, 11) is 0. The minimum Gasteiger partial charge on any atom is -0.406 e. The number of alkyl halides is 3. The van der Waals surface area contributed by atoms with E-state index >= 15 is 0 Å². The van der Waals surface area contributed by atoms with Gasteiger partial charge in [-0.15, -0.1) is 25.6 Å². The van der Waals surface area contributed by atoms with Gasteiger partial charge in [0.2, 0.25) is 0 Å². The number of hydrogen-bond donors (Lipinski definition) is 1. The Morgan fingerprint density at radius 2 is 1.82 bits per heavy atom. The average Bonchev–Trinajstić information content (AvgIpc) is 2.87. The number of likely N-dealkylation sites (tertiary alicyclic amines) is 1. The molecule has 1 aromatic carbocycles. The van der Waals surface area contributed by atoms with E-state index in [1.807, 2.05) is 0 Å². The molecule has 0 spiro atoms. The number of nitrogens with one attached hydrogen (secondary N) is 1. The molecule has 7 heteroatoms. The van der Waals surface area contributed by atoms with Gasteiger partial charge in [-0.3, -0.25) is 4.90 Å². The maximum absolute atomic E-state index is 12.1. The summed E-state index contributed by atoms with van der Waals surface area (Å²) in [6.45, 7) is 5.12. The number of rotatable bonds is 3. The largest absolute Gasteiger partial charge is 0.573 e. The minimum atomic E-state index is -4.63. The summed E-state index contributed by atoms with van der Waals surface area (Å²) in [6.07, 6.45) is -3.42. The quantitative estimate of drug-likeness (QED) is 0.918. The highest BCUT2D eigenvalue weighted by atomic mass is 35.5. The van der Waals surface area contributed by atoms with Crippen molar-refractivity contribution in [1.29, 1.82) is 0 Å². The first-order chi connectivity index (χ1) is 9.99. The standard InChI is InChI=1S/C15H19F3N2O.ClH/c16-15(17,18)21-14-3-1-11(2-4-14)9-20-6-5-12-7-19-8-13(12)10-20;/h1-4,12-13,19H,5-10H2;1H. The van der Waals surface area contributed by atoms with Crippen LogP contribution < -0.4 is 10.1 Å². The van der Waals surface area contributed by atoms with E-state index in [0.717, 1.165) is 44.2 Å². The van der Waals surface area contributed by atoms with Crippen molar-refractivity contribution in [3.63, 3.8) is 0 Å². The van der Waals surface area contributed by atoms with Crippen molar-refractivity contribution in [2.24, 2.45) is 11.8 Å². The third-order valence-corrected chi connectivity index (χ3v) is 4.35. The molecule has 2 saturated heterocycles. The van der Waals surface area contributed by atoms with Crippen molar-refractivity contribution in [1.82, 2.24) is 10.2 Å². The summed E-state index contributed by atoms with van der Waals surface area (Å²) in [5.74, 6) is 1.35. The molecule has 0 aliphatic carbocycles. The van der Waals surface area contributed by atoms with Crippen molar-refractivity contribution >= 4 is 12.4 Å². The van der Waals surface area contributed by atoms with Gasteiger partial charge in [0.05, 0.1) is 0 Å². The molecular formula is C15H20ClF3N2O. The van der Waals surface area contributed by atoms with Gasteiger partial charge in [-0.25, -0.2) is 0 Å². The van der Waals surface area contributed by atoms with Crippen LogP contribution in [0, 0.1) is 11.8 Å². The van der Waals surface area contributed by atoms with Gasteiger partial charge >= 0.3 is 6.36 Å². The second-order valence-corrected chi connectivity index (χ2v) is 5.89. The second kappa shape index (κ2) is 7.06. The van der Waals surface area contributed by atoms with E-state index in [0.29, 0.717) is 5.92 Å². The molecule has 3 rings (SSSR count). The highest BCUT2D eigenvalue weighted by Gasteiger charge is 2.33. The summed E-state index contributed by atoms with van der Waals surface area (Å²) >= 11 is 0. The van der Waals surface area contributed by atoms with Gasteiger partial charge < -0.3 is 10.1 Å². The third-order valence-electron chi connectivity index (χ3n) is 4.35. The smallest absolute Gasteiger partial charge is 0.406 e. The first kappa shape index (κ1) is 17.4. The van der Waals surface area contributed by atoms with Gasteiger partial charge in [0.25, 0.3) is 0 Å². The highest BCUT2D eigenvalue weighted by Crippen LogP contribution is 2.28. The number of benzene rings is 1. The SMILES string of the molecule is Cl.FC(F)(F)Oc1ccc(CN2CCC3CNCC3C2)cc1.